The third kappa shape index (κ3) is 4.41. The minimum atomic E-state index is -0.471. The number of amides is 1. The van der Waals surface area contributed by atoms with E-state index in [9.17, 15) is 14.4 Å². The van der Waals surface area contributed by atoms with Crippen LogP contribution in [-0.4, -0.2) is 30.8 Å². The maximum Gasteiger partial charge on any atom is 0.332 e. The van der Waals surface area contributed by atoms with E-state index in [4.69, 9.17) is 0 Å². The van der Waals surface area contributed by atoms with Gasteiger partial charge in [-0.15, -0.1) is 0 Å². The summed E-state index contributed by atoms with van der Waals surface area (Å²) >= 11 is 1.17. The first kappa shape index (κ1) is 22.7. The number of nitrogens with one attached hydrogen (secondary N) is 1. The van der Waals surface area contributed by atoms with Crippen molar-refractivity contribution in [2.45, 2.75) is 45.6 Å². The number of benzene rings is 1. The van der Waals surface area contributed by atoms with E-state index in [-0.39, 0.29) is 28.6 Å². The van der Waals surface area contributed by atoms with Gasteiger partial charge in [0.05, 0.1) is 5.75 Å². The lowest BCUT2D eigenvalue weighted by molar-refractivity contribution is -0.113. The van der Waals surface area contributed by atoms with Crippen LogP contribution in [0, 0.1) is 20.8 Å². The first-order valence-electron chi connectivity index (χ1n) is 9.99. The number of rotatable bonds is 5. The van der Waals surface area contributed by atoms with Gasteiger partial charge in [0.15, 0.2) is 5.65 Å². The third-order valence-corrected chi connectivity index (χ3v) is 6.06. The molecule has 0 bridgehead atoms. The fourth-order valence-electron chi connectivity index (χ4n) is 3.49. The lowest BCUT2D eigenvalue weighted by atomic mass is 10.1. The first-order valence-corrected chi connectivity index (χ1v) is 11.0. The molecule has 1 aromatic carbocycles. The van der Waals surface area contributed by atoms with Crippen molar-refractivity contribution in [3.8, 4) is 0 Å². The van der Waals surface area contributed by atoms with Crippen molar-refractivity contribution in [2.75, 3.05) is 11.1 Å². The zero-order chi connectivity index (χ0) is 23.0. The van der Waals surface area contributed by atoms with E-state index in [2.05, 4.69) is 15.3 Å². The van der Waals surface area contributed by atoms with Crippen molar-refractivity contribution in [1.29, 1.82) is 0 Å². The Labute approximate surface area is 184 Å². The predicted molar refractivity (Wildman–Crippen MR) is 124 cm³/mol. The van der Waals surface area contributed by atoms with Crippen molar-refractivity contribution in [1.82, 2.24) is 19.1 Å². The number of thioether (sulfide) groups is 1. The molecule has 0 aliphatic heterocycles. The fraction of sp³-hybridized carbons (Fsp3) is 0.409. The van der Waals surface area contributed by atoms with E-state index in [1.54, 1.807) is 7.05 Å². The largest absolute Gasteiger partial charge is 0.332 e. The van der Waals surface area contributed by atoms with Gasteiger partial charge < -0.3 is 5.32 Å². The molecule has 0 aliphatic rings. The Bertz CT molecular complexity index is 1280. The maximum atomic E-state index is 12.8. The smallest absolute Gasteiger partial charge is 0.325 e. The summed E-state index contributed by atoms with van der Waals surface area (Å²) in [4.78, 5) is 46.8. The number of fused-ring (bicyclic) bond motifs is 1. The molecule has 1 N–H and O–H groups in total. The second kappa shape index (κ2) is 8.66. The number of carbonyl (C=O) groups excluding carboxylic acids is 1. The van der Waals surface area contributed by atoms with Gasteiger partial charge >= 0.3 is 5.69 Å². The zero-order valence-corrected chi connectivity index (χ0v) is 19.7. The van der Waals surface area contributed by atoms with Crippen molar-refractivity contribution in [2.24, 2.45) is 14.1 Å². The summed E-state index contributed by atoms with van der Waals surface area (Å²) in [6.07, 6.45) is 0. The highest BCUT2D eigenvalue weighted by Crippen LogP contribution is 2.26. The molecule has 1 amide bonds. The third-order valence-electron chi connectivity index (χ3n) is 5.08. The number of anilines is 1. The van der Waals surface area contributed by atoms with Gasteiger partial charge in [0.25, 0.3) is 5.56 Å². The molecule has 0 spiro atoms. The molecule has 0 saturated carbocycles. The van der Waals surface area contributed by atoms with Crippen LogP contribution in [0.3, 0.4) is 0 Å². The average Bonchev–Trinajstić information content (AvgIpc) is 2.70. The van der Waals surface area contributed by atoms with Gasteiger partial charge in [-0.05, 0) is 31.9 Å². The molecule has 2 heterocycles. The second-order valence-corrected chi connectivity index (χ2v) is 9.02. The Morgan fingerprint density at radius 2 is 1.68 bits per heavy atom. The summed E-state index contributed by atoms with van der Waals surface area (Å²) in [7, 11) is 3.00. The summed E-state index contributed by atoms with van der Waals surface area (Å²) in [5.41, 5.74) is 3.28. The number of hydrogen-bond donors (Lipinski definition) is 1. The van der Waals surface area contributed by atoms with Crippen LogP contribution in [0.1, 0.15) is 42.3 Å². The van der Waals surface area contributed by atoms with Gasteiger partial charge in [-0.2, -0.15) is 0 Å². The normalized spacial score (nSPS) is 11.4. The van der Waals surface area contributed by atoms with Gasteiger partial charge in [0.1, 0.15) is 16.2 Å². The van der Waals surface area contributed by atoms with E-state index in [0.29, 0.717) is 10.9 Å². The van der Waals surface area contributed by atoms with E-state index < -0.39 is 11.2 Å². The van der Waals surface area contributed by atoms with Gasteiger partial charge in [-0.25, -0.2) is 14.8 Å². The van der Waals surface area contributed by atoms with Crippen molar-refractivity contribution in [3.05, 3.63) is 55.5 Å². The molecular weight excluding hydrogens is 414 g/mol. The van der Waals surface area contributed by atoms with Crippen LogP contribution in [0.15, 0.2) is 26.7 Å². The Hall–Kier alpha value is -2.94. The van der Waals surface area contributed by atoms with Crippen LogP contribution in [0.5, 0.6) is 0 Å². The molecule has 0 radical (unpaired) electrons. The van der Waals surface area contributed by atoms with Crippen molar-refractivity contribution >= 4 is 34.4 Å². The number of nitrogens with zero attached hydrogens (tertiary/aromatic N) is 4. The highest BCUT2D eigenvalue weighted by atomic mass is 32.2. The molecule has 0 unspecified atom stereocenters. The Morgan fingerprint density at radius 1 is 1.06 bits per heavy atom. The molecule has 3 aromatic rings. The SMILES string of the molecule is Cc1cc(C)c(NC(=O)CSc2nc(C(C)C)nc3c2c(=O)n(C)c(=O)n3C)c(C)c1. The van der Waals surface area contributed by atoms with Crippen molar-refractivity contribution in [3.63, 3.8) is 0 Å². The standard InChI is InChI=1S/C22H27N5O3S/c1-11(2)18-24-19-16(21(29)27(7)22(30)26(19)6)20(25-18)31-10-15(28)23-17-13(4)8-12(3)9-14(17)5/h8-9,11H,10H2,1-7H3,(H,23,28). The highest BCUT2D eigenvalue weighted by molar-refractivity contribution is 8.00. The average molecular weight is 442 g/mol. The molecular formula is C22H27N5O3S. The zero-order valence-electron chi connectivity index (χ0n) is 18.9. The number of carbonyl (C=O) groups is 1. The predicted octanol–water partition coefficient (Wildman–Crippen LogP) is 2.81. The van der Waals surface area contributed by atoms with Crippen LogP contribution in [-0.2, 0) is 18.9 Å². The number of aryl methyl sites for hydroxylation is 4. The number of aromatic nitrogens is 4. The maximum absolute atomic E-state index is 12.8. The minimum absolute atomic E-state index is 0.00501. The van der Waals surface area contributed by atoms with Crippen LogP contribution < -0.4 is 16.6 Å². The molecule has 0 aliphatic carbocycles. The second-order valence-electron chi connectivity index (χ2n) is 8.06. The highest BCUT2D eigenvalue weighted by Gasteiger charge is 2.19. The summed E-state index contributed by atoms with van der Waals surface area (Å²) in [6.45, 7) is 9.80. The summed E-state index contributed by atoms with van der Waals surface area (Å²) in [6, 6.07) is 4.04. The minimum Gasteiger partial charge on any atom is -0.325 e. The summed E-state index contributed by atoms with van der Waals surface area (Å²) in [5, 5.41) is 3.61. The fourth-order valence-corrected chi connectivity index (χ4v) is 4.32. The molecule has 2 aromatic heterocycles. The Morgan fingerprint density at radius 3 is 2.26 bits per heavy atom. The molecule has 0 atom stereocenters. The monoisotopic (exact) mass is 441 g/mol. The number of hydrogen-bond acceptors (Lipinski definition) is 6. The Kier molecular flexibility index (Phi) is 6.35. The summed E-state index contributed by atoms with van der Waals surface area (Å²) in [5.74, 6) is 0.389. The van der Waals surface area contributed by atoms with Crippen LogP contribution >= 0.6 is 11.8 Å². The van der Waals surface area contributed by atoms with Gasteiger partial charge in [-0.3, -0.25) is 18.7 Å². The molecule has 0 saturated heterocycles. The molecule has 0 fully saturated rings. The van der Waals surface area contributed by atoms with Crippen LogP contribution in [0.25, 0.3) is 11.0 Å². The van der Waals surface area contributed by atoms with Crippen molar-refractivity contribution < 1.29 is 4.79 Å². The molecule has 164 valence electrons. The lowest BCUT2D eigenvalue weighted by Crippen LogP contribution is -2.38. The topological polar surface area (TPSA) is 98.9 Å². The quantitative estimate of drug-likeness (QED) is 0.483. The molecule has 8 nitrogen and oxygen atoms in total. The Balaban J connectivity index is 1.99. The van der Waals surface area contributed by atoms with Crippen LogP contribution in [0.4, 0.5) is 5.69 Å². The first-order chi connectivity index (χ1) is 14.5. The van der Waals surface area contributed by atoms with Gasteiger partial charge in [0, 0.05) is 25.7 Å². The van der Waals surface area contributed by atoms with E-state index in [0.717, 1.165) is 26.9 Å². The van der Waals surface area contributed by atoms with E-state index in [1.165, 1.54) is 23.4 Å². The molecule has 3 rings (SSSR count). The van der Waals surface area contributed by atoms with E-state index in [1.807, 2.05) is 46.8 Å². The molecule has 31 heavy (non-hydrogen) atoms. The molecule has 9 heteroatoms. The lowest BCUT2D eigenvalue weighted by Gasteiger charge is -2.14. The van der Waals surface area contributed by atoms with E-state index >= 15 is 0 Å². The van der Waals surface area contributed by atoms with Gasteiger partial charge in [0.2, 0.25) is 5.91 Å². The summed E-state index contributed by atoms with van der Waals surface area (Å²) < 4.78 is 2.37. The van der Waals surface area contributed by atoms with Gasteiger partial charge in [-0.1, -0.05) is 43.3 Å². The van der Waals surface area contributed by atoms with Crippen LogP contribution in [0.2, 0.25) is 0 Å².